The molecule has 0 amide bonds. The molecule has 20 heavy (non-hydrogen) atoms. The van der Waals surface area contributed by atoms with E-state index >= 15 is 0 Å². The van der Waals surface area contributed by atoms with Crippen LogP contribution in [0.15, 0.2) is 0 Å². The first-order valence-electron chi connectivity index (χ1n) is 8.48. The van der Waals surface area contributed by atoms with Crippen LogP contribution in [0.3, 0.4) is 0 Å². The Morgan fingerprint density at radius 2 is 2.20 bits per heavy atom. The fourth-order valence-electron chi connectivity index (χ4n) is 3.81. The number of nitrogens with one attached hydrogen (secondary N) is 1. The summed E-state index contributed by atoms with van der Waals surface area (Å²) in [5.74, 6) is 3.29. The van der Waals surface area contributed by atoms with Gasteiger partial charge in [0.1, 0.15) is 0 Å². The van der Waals surface area contributed by atoms with Crippen LogP contribution in [0.4, 0.5) is 0 Å². The van der Waals surface area contributed by atoms with Gasteiger partial charge in [-0.2, -0.15) is 11.8 Å². The molecule has 0 radical (unpaired) electrons. The van der Waals surface area contributed by atoms with E-state index in [4.69, 9.17) is 4.74 Å². The molecule has 1 spiro atoms. The molecule has 0 bridgehead atoms. The number of rotatable bonds is 6. The molecule has 2 rings (SSSR count). The zero-order valence-electron chi connectivity index (χ0n) is 13.8. The van der Waals surface area contributed by atoms with Crippen LogP contribution in [-0.4, -0.2) is 36.3 Å². The van der Waals surface area contributed by atoms with Gasteiger partial charge in [0, 0.05) is 18.4 Å². The van der Waals surface area contributed by atoms with E-state index in [0.29, 0.717) is 11.5 Å². The fourth-order valence-corrected chi connectivity index (χ4v) is 5.19. The Morgan fingerprint density at radius 3 is 2.80 bits per heavy atom. The van der Waals surface area contributed by atoms with Crippen molar-refractivity contribution >= 4 is 11.8 Å². The fraction of sp³-hybridized carbons (Fsp3) is 1.00. The highest BCUT2D eigenvalue weighted by Gasteiger charge is 2.45. The summed E-state index contributed by atoms with van der Waals surface area (Å²) in [4.78, 5) is 0. The molecule has 0 aromatic rings. The minimum absolute atomic E-state index is 0.212. The van der Waals surface area contributed by atoms with E-state index in [1.54, 1.807) is 0 Å². The molecule has 2 aliphatic rings. The van der Waals surface area contributed by atoms with Gasteiger partial charge in [0.15, 0.2) is 0 Å². The minimum Gasteiger partial charge on any atom is -0.374 e. The zero-order valence-corrected chi connectivity index (χ0v) is 14.7. The summed E-state index contributed by atoms with van der Waals surface area (Å²) in [6, 6.07) is 0.638. The summed E-state index contributed by atoms with van der Waals surface area (Å²) in [5.41, 5.74) is 0.591. The lowest BCUT2D eigenvalue weighted by Crippen LogP contribution is -2.52. The van der Waals surface area contributed by atoms with Gasteiger partial charge in [0.25, 0.3) is 0 Å². The highest BCUT2D eigenvalue weighted by molar-refractivity contribution is 7.99. The normalized spacial score (nSPS) is 32.7. The molecule has 0 aromatic heterocycles. The van der Waals surface area contributed by atoms with Crippen molar-refractivity contribution < 1.29 is 4.74 Å². The van der Waals surface area contributed by atoms with Crippen molar-refractivity contribution in [1.82, 2.24) is 5.32 Å². The quantitative estimate of drug-likeness (QED) is 0.798. The van der Waals surface area contributed by atoms with Crippen molar-refractivity contribution in [3.05, 3.63) is 0 Å². The van der Waals surface area contributed by atoms with E-state index in [0.717, 1.165) is 19.1 Å². The van der Waals surface area contributed by atoms with E-state index in [1.807, 2.05) is 0 Å². The zero-order chi connectivity index (χ0) is 14.6. The Morgan fingerprint density at radius 1 is 1.40 bits per heavy atom. The van der Waals surface area contributed by atoms with E-state index in [2.05, 4.69) is 44.8 Å². The second kappa shape index (κ2) is 7.02. The molecule has 0 aromatic carbocycles. The highest BCUT2D eigenvalue weighted by Crippen LogP contribution is 2.44. The van der Waals surface area contributed by atoms with Crippen molar-refractivity contribution in [2.75, 3.05) is 24.7 Å². The van der Waals surface area contributed by atoms with Gasteiger partial charge in [0.2, 0.25) is 0 Å². The van der Waals surface area contributed by atoms with Crippen molar-refractivity contribution in [2.45, 2.75) is 71.4 Å². The molecule has 2 nitrogen and oxygen atoms in total. The Labute approximate surface area is 129 Å². The van der Waals surface area contributed by atoms with E-state index in [1.165, 1.54) is 43.6 Å². The van der Waals surface area contributed by atoms with E-state index in [-0.39, 0.29) is 5.60 Å². The predicted octanol–water partition coefficient (Wildman–Crippen LogP) is 4.09. The lowest BCUT2D eigenvalue weighted by molar-refractivity contribution is -0.0924. The Balaban J connectivity index is 2.07. The lowest BCUT2D eigenvalue weighted by Gasteiger charge is -2.46. The third-order valence-corrected chi connectivity index (χ3v) is 6.66. The first-order valence-corrected chi connectivity index (χ1v) is 9.63. The molecule has 3 unspecified atom stereocenters. The third kappa shape index (κ3) is 3.72. The molecule has 0 saturated carbocycles. The van der Waals surface area contributed by atoms with Crippen LogP contribution in [0.25, 0.3) is 0 Å². The molecule has 1 N–H and O–H groups in total. The molecule has 0 aliphatic carbocycles. The minimum atomic E-state index is 0.212. The second-order valence-electron chi connectivity index (χ2n) is 7.36. The summed E-state index contributed by atoms with van der Waals surface area (Å²) in [6.45, 7) is 11.6. The van der Waals surface area contributed by atoms with Crippen LogP contribution >= 0.6 is 11.8 Å². The largest absolute Gasteiger partial charge is 0.374 e. The average Bonchev–Trinajstić information content (AvgIpc) is 2.87. The maximum absolute atomic E-state index is 6.21. The Hall–Kier alpha value is 0.270. The van der Waals surface area contributed by atoms with Crippen LogP contribution in [0.5, 0.6) is 0 Å². The molecular formula is C17H33NOS. The van der Waals surface area contributed by atoms with Crippen LogP contribution in [0, 0.1) is 11.3 Å². The summed E-state index contributed by atoms with van der Waals surface area (Å²) < 4.78 is 6.21. The summed E-state index contributed by atoms with van der Waals surface area (Å²) >= 11 is 2.08. The van der Waals surface area contributed by atoms with Gasteiger partial charge in [-0.1, -0.05) is 27.7 Å². The average molecular weight is 300 g/mol. The van der Waals surface area contributed by atoms with Crippen LogP contribution in [0.1, 0.15) is 59.8 Å². The van der Waals surface area contributed by atoms with Crippen LogP contribution in [0.2, 0.25) is 0 Å². The van der Waals surface area contributed by atoms with Gasteiger partial charge in [-0.05, 0) is 55.7 Å². The lowest BCUT2D eigenvalue weighted by atomic mass is 9.70. The molecular weight excluding hydrogens is 266 g/mol. The smallest absolute Gasteiger partial charge is 0.0783 e. The molecule has 2 heterocycles. The maximum Gasteiger partial charge on any atom is 0.0783 e. The molecule has 2 aliphatic heterocycles. The van der Waals surface area contributed by atoms with Crippen molar-refractivity contribution in [2.24, 2.45) is 11.3 Å². The molecule has 3 atom stereocenters. The Bertz CT molecular complexity index is 299. The van der Waals surface area contributed by atoms with Crippen LogP contribution in [-0.2, 0) is 4.74 Å². The number of thioether (sulfide) groups is 1. The molecule has 2 saturated heterocycles. The SMILES string of the molecule is CCCNC(C1CCOC2(CCSC2)C1)C(C)(C)CC. The van der Waals surface area contributed by atoms with Gasteiger partial charge >= 0.3 is 0 Å². The molecule has 118 valence electrons. The molecule has 2 fully saturated rings. The van der Waals surface area contributed by atoms with Gasteiger partial charge in [-0.3, -0.25) is 0 Å². The monoisotopic (exact) mass is 299 g/mol. The number of hydrogen-bond acceptors (Lipinski definition) is 3. The summed E-state index contributed by atoms with van der Waals surface area (Å²) in [5, 5.41) is 3.87. The number of ether oxygens (including phenoxy) is 1. The van der Waals surface area contributed by atoms with Crippen molar-refractivity contribution in [3.8, 4) is 0 Å². The summed E-state index contributed by atoms with van der Waals surface area (Å²) in [7, 11) is 0. The van der Waals surface area contributed by atoms with E-state index in [9.17, 15) is 0 Å². The van der Waals surface area contributed by atoms with E-state index < -0.39 is 0 Å². The van der Waals surface area contributed by atoms with Crippen molar-refractivity contribution in [3.63, 3.8) is 0 Å². The standard InChI is InChI=1S/C17H33NOS/c1-5-9-18-15(16(3,4)6-2)14-7-10-19-17(12-14)8-11-20-13-17/h14-15,18H,5-13H2,1-4H3. The van der Waals surface area contributed by atoms with Gasteiger partial charge in [0.05, 0.1) is 5.60 Å². The Kier molecular flexibility index (Phi) is 5.84. The van der Waals surface area contributed by atoms with Gasteiger partial charge in [-0.15, -0.1) is 0 Å². The van der Waals surface area contributed by atoms with Gasteiger partial charge < -0.3 is 10.1 Å². The molecule has 3 heteroatoms. The third-order valence-electron chi connectivity index (χ3n) is 5.44. The first kappa shape index (κ1) is 16.6. The second-order valence-corrected chi connectivity index (χ2v) is 8.47. The predicted molar refractivity (Wildman–Crippen MR) is 89.5 cm³/mol. The number of hydrogen-bond donors (Lipinski definition) is 1. The van der Waals surface area contributed by atoms with Gasteiger partial charge in [-0.25, -0.2) is 0 Å². The maximum atomic E-state index is 6.21. The van der Waals surface area contributed by atoms with Crippen molar-refractivity contribution in [1.29, 1.82) is 0 Å². The van der Waals surface area contributed by atoms with Crippen LogP contribution < -0.4 is 5.32 Å². The topological polar surface area (TPSA) is 21.3 Å². The highest BCUT2D eigenvalue weighted by atomic mass is 32.2. The summed E-state index contributed by atoms with van der Waals surface area (Å²) in [6.07, 6.45) is 6.23. The first-order chi connectivity index (χ1) is 9.53.